The van der Waals surface area contributed by atoms with Gasteiger partial charge in [0.2, 0.25) is 0 Å². The largest absolute Gasteiger partial charge is 0.479 e. The first-order valence-corrected chi connectivity index (χ1v) is 3.86. The molecule has 13 heavy (non-hydrogen) atoms. The van der Waals surface area contributed by atoms with Crippen LogP contribution in [0.1, 0.15) is 19.3 Å². The van der Waals surface area contributed by atoms with Crippen LogP contribution in [0.15, 0.2) is 0 Å². The number of rotatable bonds is 1. The van der Waals surface area contributed by atoms with E-state index in [-0.39, 0.29) is 19.3 Å². The van der Waals surface area contributed by atoms with Crippen LogP contribution in [0.3, 0.4) is 0 Å². The Morgan fingerprint density at radius 2 is 2.00 bits per heavy atom. The number of carboxylic acid groups (broad SMARTS) is 1. The standard InChI is InChI=1S/C7H9F3O3/c8-7(9,10)5-3-1-2-4(13-5)6(11)12/h4-5H,1-3H2,(H,11,12)/t4-,5-/m0/s1. The first kappa shape index (κ1) is 10.3. The lowest BCUT2D eigenvalue weighted by atomic mass is 10.0. The first-order valence-electron chi connectivity index (χ1n) is 3.86. The van der Waals surface area contributed by atoms with E-state index in [2.05, 4.69) is 4.74 Å². The molecule has 1 heterocycles. The van der Waals surface area contributed by atoms with Crippen LogP contribution in [0.4, 0.5) is 13.2 Å². The summed E-state index contributed by atoms with van der Waals surface area (Å²) >= 11 is 0. The smallest absolute Gasteiger partial charge is 0.414 e. The van der Waals surface area contributed by atoms with Crippen molar-refractivity contribution in [2.75, 3.05) is 0 Å². The van der Waals surface area contributed by atoms with Gasteiger partial charge in [-0.1, -0.05) is 0 Å². The van der Waals surface area contributed by atoms with Crippen LogP contribution in [-0.2, 0) is 9.53 Å². The summed E-state index contributed by atoms with van der Waals surface area (Å²) in [6.07, 6.45) is -7.42. The zero-order valence-electron chi connectivity index (χ0n) is 6.67. The summed E-state index contributed by atoms with van der Waals surface area (Å²) in [7, 11) is 0. The van der Waals surface area contributed by atoms with Gasteiger partial charge >= 0.3 is 12.1 Å². The Kier molecular flexibility index (Phi) is 2.80. The number of carbonyl (C=O) groups is 1. The third kappa shape index (κ3) is 2.58. The van der Waals surface area contributed by atoms with Crippen molar-refractivity contribution in [2.24, 2.45) is 0 Å². The third-order valence-corrected chi connectivity index (χ3v) is 1.90. The minimum absolute atomic E-state index is 0.146. The summed E-state index contributed by atoms with van der Waals surface area (Å²) in [6, 6.07) is 0. The van der Waals surface area contributed by atoms with Crippen molar-refractivity contribution in [3.8, 4) is 0 Å². The molecule has 0 aliphatic carbocycles. The SMILES string of the molecule is O=C(O)[C@@H]1CCC[C@@H](C(F)(F)F)O1. The van der Waals surface area contributed by atoms with Crippen molar-refractivity contribution in [1.29, 1.82) is 0 Å². The molecule has 0 spiro atoms. The van der Waals surface area contributed by atoms with Crippen LogP contribution in [-0.4, -0.2) is 29.5 Å². The summed E-state index contributed by atoms with van der Waals surface area (Å²) in [5.74, 6) is -1.33. The number of carboxylic acids is 1. The molecule has 1 fully saturated rings. The van der Waals surface area contributed by atoms with Crippen molar-refractivity contribution in [1.82, 2.24) is 0 Å². The van der Waals surface area contributed by atoms with Crippen molar-refractivity contribution >= 4 is 5.97 Å². The van der Waals surface area contributed by atoms with Gasteiger partial charge in [-0.2, -0.15) is 13.2 Å². The summed E-state index contributed by atoms with van der Waals surface area (Å²) in [4.78, 5) is 10.3. The van der Waals surface area contributed by atoms with Crippen LogP contribution >= 0.6 is 0 Å². The summed E-state index contributed by atoms with van der Waals surface area (Å²) in [5, 5.41) is 8.43. The molecule has 1 aliphatic heterocycles. The highest BCUT2D eigenvalue weighted by Crippen LogP contribution is 2.31. The fourth-order valence-electron chi connectivity index (χ4n) is 1.25. The normalized spacial score (nSPS) is 30.1. The molecule has 1 N–H and O–H groups in total. The third-order valence-electron chi connectivity index (χ3n) is 1.90. The summed E-state index contributed by atoms with van der Waals surface area (Å²) < 4.78 is 40.6. The van der Waals surface area contributed by atoms with Crippen molar-refractivity contribution in [3.63, 3.8) is 0 Å². The van der Waals surface area contributed by atoms with Crippen LogP contribution in [0.25, 0.3) is 0 Å². The van der Waals surface area contributed by atoms with Gasteiger partial charge in [-0.25, -0.2) is 4.79 Å². The lowest BCUT2D eigenvalue weighted by molar-refractivity contribution is -0.245. The predicted molar refractivity (Wildman–Crippen MR) is 36.2 cm³/mol. The van der Waals surface area contributed by atoms with Gasteiger partial charge < -0.3 is 9.84 Å². The fourth-order valence-corrected chi connectivity index (χ4v) is 1.25. The number of ether oxygens (including phenoxy) is 1. The Balaban J connectivity index is 2.57. The van der Waals surface area contributed by atoms with Crippen molar-refractivity contribution in [2.45, 2.75) is 37.6 Å². The Labute approximate surface area is 72.5 Å². The Hall–Kier alpha value is -0.780. The monoisotopic (exact) mass is 198 g/mol. The Morgan fingerprint density at radius 3 is 2.46 bits per heavy atom. The van der Waals surface area contributed by atoms with E-state index in [4.69, 9.17) is 5.11 Å². The molecule has 0 aromatic carbocycles. The number of halogens is 3. The highest BCUT2D eigenvalue weighted by molar-refractivity contribution is 5.72. The Bertz CT molecular complexity index is 202. The van der Waals surface area contributed by atoms with E-state index in [0.717, 1.165) is 0 Å². The number of hydrogen-bond acceptors (Lipinski definition) is 2. The maximum Gasteiger partial charge on any atom is 0.414 e. The molecule has 3 nitrogen and oxygen atoms in total. The average Bonchev–Trinajstić information content (AvgIpc) is 2.03. The molecule has 1 aliphatic rings. The quantitative estimate of drug-likeness (QED) is 0.695. The number of hydrogen-bond donors (Lipinski definition) is 1. The molecule has 1 saturated heterocycles. The van der Waals surface area contributed by atoms with Crippen LogP contribution < -0.4 is 0 Å². The van der Waals surface area contributed by atoms with Gasteiger partial charge in [0.25, 0.3) is 0 Å². The Morgan fingerprint density at radius 1 is 1.38 bits per heavy atom. The minimum Gasteiger partial charge on any atom is -0.479 e. The van der Waals surface area contributed by atoms with Crippen LogP contribution in [0.5, 0.6) is 0 Å². The molecule has 1 rings (SSSR count). The molecular weight excluding hydrogens is 189 g/mol. The molecule has 0 amide bonds. The first-order chi connectivity index (χ1) is 5.91. The molecule has 0 radical (unpaired) electrons. The summed E-state index contributed by atoms with van der Waals surface area (Å²) in [5.41, 5.74) is 0. The highest BCUT2D eigenvalue weighted by Gasteiger charge is 2.44. The molecular formula is C7H9F3O3. The van der Waals surface area contributed by atoms with Gasteiger partial charge in [0, 0.05) is 0 Å². The van der Waals surface area contributed by atoms with E-state index < -0.39 is 24.4 Å². The lowest BCUT2D eigenvalue weighted by Gasteiger charge is -2.28. The zero-order valence-corrected chi connectivity index (χ0v) is 6.67. The zero-order chi connectivity index (χ0) is 10.1. The summed E-state index contributed by atoms with van der Waals surface area (Å²) in [6.45, 7) is 0. The molecule has 0 unspecified atom stereocenters. The molecule has 2 atom stereocenters. The van der Waals surface area contributed by atoms with Crippen LogP contribution in [0.2, 0.25) is 0 Å². The van der Waals surface area contributed by atoms with Gasteiger partial charge in [0.15, 0.2) is 12.2 Å². The fraction of sp³-hybridized carbons (Fsp3) is 0.857. The maximum absolute atomic E-state index is 12.1. The van der Waals surface area contributed by atoms with Crippen LogP contribution in [0, 0.1) is 0 Å². The topological polar surface area (TPSA) is 46.5 Å². The van der Waals surface area contributed by atoms with Gasteiger partial charge in [0.1, 0.15) is 0 Å². The van der Waals surface area contributed by atoms with Crippen molar-refractivity contribution < 1.29 is 27.8 Å². The maximum atomic E-state index is 12.1. The molecule has 6 heteroatoms. The second-order valence-electron chi connectivity index (χ2n) is 2.92. The number of aliphatic carboxylic acids is 1. The molecule has 0 aromatic heterocycles. The van der Waals surface area contributed by atoms with Gasteiger partial charge in [-0.15, -0.1) is 0 Å². The van der Waals surface area contributed by atoms with E-state index in [1.807, 2.05) is 0 Å². The second kappa shape index (κ2) is 3.53. The molecule has 0 saturated carbocycles. The van der Waals surface area contributed by atoms with E-state index in [0.29, 0.717) is 0 Å². The van der Waals surface area contributed by atoms with E-state index in [9.17, 15) is 18.0 Å². The van der Waals surface area contributed by atoms with Gasteiger partial charge in [-0.05, 0) is 19.3 Å². The molecule has 76 valence electrons. The minimum atomic E-state index is -4.45. The van der Waals surface area contributed by atoms with E-state index in [1.165, 1.54) is 0 Å². The van der Waals surface area contributed by atoms with E-state index in [1.54, 1.807) is 0 Å². The van der Waals surface area contributed by atoms with Gasteiger partial charge in [0.05, 0.1) is 0 Å². The predicted octanol–water partition coefficient (Wildman–Crippen LogP) is 1.57. The lowest BCUT2D eigenvalue weighted by Crippen LogP contribution is -2.41. The molecule has 0 aromatic rings. The highest BCUT2D eigenvalue weighted by atomic mass is 19.4. The van der Waals surface area contributed by atoms with Gasteiger partial charge in [-0.3, -0.25) is 0 Å². The van der Waals surface area contributed by atoms with E-state index >= 15 is 0 Å². The number of alkyl halides is 3. The second-order valence-corrected chi connectivity index (χ2v) is 2.92. The molecule has 0 bridgehead atoms. The van der Waals surface area contributed by atoms with Crippen molar-refractivity contribution in [3.05, 3.63) is 0 Å². The average molecular weight is 198 g/mol.